The molecule has 12 heteroatoms. The Morgan fingerprint density at radius 3 is 2.12 bits per heavy atom. The molecule has 40 heavy (non-hydrogen) atoms. The summed E-state index contributed by atoms with van der Waals surface area (Å²) < 4.78 is 87.2. The van der Waals surface area contributed by atoms with E-state index >= 15 is 0 Å². The average molecular weight is 652 g/mol. The topological polar surface area (TPSA) is 65.1 Å². The summed E-state index contributed by atoms with van der Waals surface area (Å²) in [5.41, 5.74) is -2.25. The lowest BCUT2D eigenvalue weighted by Gasteiger charge is -2.38. The van der Waals surface area contributed by atoms with Crippen LogP contribution in [-0.2, 0) is 30.9 Å². The molecule has 2 aromatic rings. The van der Waals surface area contributed by atoms with E-state index in [4.69, 9.17) is 13.8 Å². The Hall–Kier alpha value is -1.94. The van der Waals surface area contributed by atoms with Crippen LogP contribution in [0, 0.1) is 5.82 Å². The smallest absolute Gasteiger partial charge is 0.419 e. The van der Waals surface area contributed by atoms with Crippen LogP contribution in [0.2, 0.25) is 0 Å². The van der Waals surface area contributed by atoms with E-state index in [1.165, 1.54) is 11.0 Å². The van der Waals surface area contributed by atoms with E-state index in [1.54, 1.807) is 72.7 Å². The van der Waals surface area contributed by atoms with Crippen LogP contribution in [0.5, 0.6) is 0 Å². The number of alkyl halides is 4. The van der Waals surface area contributed by atoms with Crippen molar-refractivity contribution in [1.82, 2.24) is 0 Å². The molecular formula is C28H35BrF4NO5P. The van der Waals surface area contributed by atoms with Gasteiger partial charge >= 0.3 is 19.9 Å². The Bertz CT molecular complexity index is 1250. The molecule has 3 rings (SSSR count). The zero-order valence-electron chi connectivity index (χ0n) is 23.5. The largest absolute Gasteiger partial charge is 0.443 e. The van der Waals surface area contributed by atoms with E-state index in [0.29, 0.717) is 17.3 Å². The molecule has 1 aliphatic rings. The van der Waals surface area contributed by atoms with Gasteiger partial charge < -0.3 is 13.8 Å². The number of anilines is 1. The first-order valence-electron chi connectivity index (χ1n) is 12.9. The molecule has 6 nitrogen and oxygen atoms in total. The first-order chi connectivity index (χ1) is 18.3. The summed E-state index contributed by atoms with van der Waals surface area (Å²) in [4.78, 5) is 14.4. The molecule has 0 spiro atoms. The van der Waals surface area contributed by atoms with Gasteiger partial charge in [0.1, 0.15) is 11.4 Å². The Balaban J connectivity index is 2.25. The maximum absolute atomic E-state index is 14.7. The molecule has 3 unspecified atom stereocenters. The minimum atomic E-state index is -4.94. The minimum Gasteiger partial charge on any atom is -0.443 e. The van der Waals surface area contributed by atoms with Gasteiger partial charge in [0.15, 0.2) is 0 Å². The number of para-hydroxylation sites is 1. The van der Waals surface area contributed by atoms with Crippen molar-refractivity contribution in [2.75, 3.05) is 4.90 Å². The van der Waals surface area contributed by atoms with Crippen molar-refractivity contribution < 1.29 is 40.7 Å². The fraction of sp³-hybridized carbons (Fsp3) is 0.536. The van der Waals surface area contributed by atoms with Crippen molar-refractivity contribution in [1.29, 1.82) is 0 Å². The standard InChI is InChI=1S/C28H35BrF4NO5P/c1-16(2)38-40(36,39-17(3)4)23(15-18-12-13-21(30)20(14-18)28(31,32)33)25-24(29)19-10-8-9-11-22(19)34(25)26(35)37-27(5,6)7/h8-14,16-17,23-25H,15H2,1-7H3. The molecule has 0 saturated carbocycles. The third-order valence-corrected chi connectivity index (χ3v) is 9.74. The molecular weight excluding hydrogens is 617 g/mol. The third kappa shape index (κ3) is 7.46. The zero-order valence-corrected chi connectivity index (χ0v) is 25.9. The van der Waals surface area contributed by atoms with Gasteiger partial charge in [-0.3, -0.25) is 9.46 Å². The second-order valence-corrected chi connectivity index (χ2v) is 14.4. The van der Waals surface area contributed by atoms with Gasteiger partial charge in [0.25, 0.3) is 0 Å². The van der Waals surface area contributed by atoms with Gasteiger partial charge in [0.05, 0.1) is 40.0 Å². The SMILES string of the molecule is CC(C)OP(=O)(OC(C)C)C(Cc1ccc(F)c(C(F)(F)F)c1)C1C(Br)c2ccccc2N1C(=O)OC(C)(C)C. The van der Waals surface area contributed by atoms with E-state index in [0.717, 1.165) is 6.07 Å². The molecule has 0 N–H and O–H groups in total. The van der Waals surface area contributed by atoms with E-state index in [-0.39, 0.29) is 12.0 Å². The predicted molar refractivity (Wildman–Crippen MR) is 150 cm³/mol. The molecule has 1 aliphatic heterocycles. The number of nitrogens with zero attached hydrogens (tertiary/aromatic N) is 1. The van der Waals surface area contributed by atoms with E-state index in [1.807, 2.05) is 0 Å². The quantitative estimate of drug-likeness (QED) is 0.162. The summed E-state index contributed by atoms with van der Waals surface area (Å²) in [6.45, 7) is 11.8. The number of hydrogen-bond acceptors (Lipinski definition) is 5. The van der Waals surface area contributed by atoms with Gasteiger partial charge in [-0.25, -0.2) is 9.18 Å². The van der Waals surface area contributed by atoms with Crippen LogP contribution in [0.1, 0.15) is 70.0 Å². The average Bonchev–Trinajstić information content (AvgIpc) is 3.07. The number of carbonyl (C=O) groups is 1. The molecule has 0 saturated heterocycles. The lowest BCUT2D eigenvalue weighted by Crippen LogP contribution is -2.49. The number of benzene rings is 2. The van der Waals surface area contributed by atoms with Crippen LogP contribution in [0.15, 0.2) is 42.5 Å². The van der Waals surface area contributed by atoms with Gasteiger partial charge in [-0.15, -0.1) is 0 Å². The van der Waals surface area contributed by atoms with Crippen LogP contribution in [-0.4, -0.2) is 35.6 Å². The summed E-state index contributed by atoms with van der Waals surface area (Å²) in [6.07, 6.45) is -7.11. The van der Waals surface area contributed by atoms with Crippen LogP contribution < -0.4 is 4.90 Å². The summed E-state index contributed by atoms with van der Waals surface area (Å²) in [7, 11) is -4.17. The van der Waals surface area contributed by atoms with Gasteiger partial charge in [0.2, 0.25) is 0 Å². The van der Waals surface area contributed by atoms with Crippen molar-refractivity contribution in [2.24, 2.45) is 0 Å². The number of carbonyl (C=O) groups excluding carboxylic acids is 1. The molecule has 3 atom stereocenters. The van der Waals surface area contributed by atoms with Gasteiger partial charge in [-0.05, 0) is 84.2 Å². The molecule has 0 fully saturated rings. The first kappa shape index (κ1) is 32.6. The molecule has 2 aromatic carbocycles. The fourth-order valence-electron chi connectivity index (χ4n) is 4.66. The molecule has 0 aliphatic carbocycles. The highest BCUT2D eigenvalue weighted by atomic mass is 79.9. The number of rotatable bonds is 8. The molecule has 0 bridgehead atoms. The normalized spacial score (nSPS) is 18.8. The van der Waals surface area contributed by atoms with E-state index < -0.39 is 65.6 Å². The van der Waals surface area contributed by atoms with E-state index in [9.17, 15) is 26.9 Å². The number of hydrogen-bond donors (Lipinski definition) is 0. The van der Waals surface area contributed by atoms with Gasteiger partial charge in [-0.2, -0.15) is 13.2 Å². The Kier molecular flexibility index (Phi) is 9.87. The first-order valence-corrected chi connectivity index (χ1v) is 15.4. The van der Waals surface area contributed by atoms with Crippen molar-refractivity contribution >= 4 is 35.3 Å². The highest BCUT2D eigenvalue weighted by Gasteiger charge is 2.54. The van der Waals surface area contributed by atoms with Crippen molar-refractivity contribution in [3.8, 4) is 0 Å². The number of fused-ring (bicyclic) bond motifs is 1. The van der Waals surface area contributed by atoms with Gasteiger partial charge in [0, 0.05) is 0 Å². The van der Waals surface area contributed by atoms with Crippen LogP contribution in [0.3, 0.4) is 0 Å². The highest BCUT2D eigenvalue weighted by Crippen LogP contribution is 2.62. The minimum absolute atomic E-state index is 0.0541. The molecule has 1 amide bonds. The summed E-state index contributed by atoms with van der Waals surface area (Å²) in [5.74, 6) is -1.42. The lowest BCUT2D eigenvalue weighted by atomic mass is 9.99. The second-order valence-electron chi connectivity index (χ2n) is 11.2. The molecule has 1 heterocycles. The van der Waals surface area contributed by atoms with Crippen LogP contribution >= 0.6 is 23.5 Å². The van der Waals surface area contributed by atoms with Crippen molar-refractivity contribution in [3.05, 3.63) is 65.0 Å². The lowest BCUT2D eigenvalue weighted by molar-refractivity contribution is -0.140. The Morgan fingerprint density at radius 2 is 1.60 bits per heavy atom. The predicted octanol–water partition coefficient (Wildman–Crippen LogP) is 9.06. The zero-order chi connectivity index (χ0) is 30.2. The Labute approximate surface area is 241 Å². The molecule has 0 aromatic heterocycles. The van der Waals surface area contributed by atoms with Crippen LogP contribution in [0.25, 0.3) is 0 Å². The van der Waals surface area contributed by atoms with Gasteiger partial charge in [-0.1, -0.05) is 40.2 Å². The Morgan fingerprint density at radius 1 is 1.02 bits per heavy atom. The maximum atomic E-state index is 14.7. The number of amides is 1. The summed E-state index contributed by atoms with van der Waals surface area (Å²) in [6, 6.07) is 8.68. The van der Waals surface area contributed by atoms with Crippen molar-refractivity contribution in [2.45, 2.75) is 95.4 Å². The number of ether oxygens (including phenoxy) is 1. The number of halogens is 5. The highest BCUT2D eigenvalue weighted by molar-refractivity contribution is 9.09. The summed E-state index contributed by atoms with van der Waals surface area (Å²) >= 11 is 3.67. The summed E-state index contributed by atoms with van der Waals surface area (Å²) in [5, 5.41) is 0. The molecule has 222 valence electrons. The fourth-order valence-corrected chi connectivity index (χ4v) is 8.54. The second kappa shape index (κ2) is 12.1. The monoisotopic (exact) mass is 651 g/mol. The van der Waals surface area contributed by atoms with Crippen LogP contribution in [0.4, 0.5) is 28.0 Å². The maximum Gasteiger partial charge on any atom is 0.419 e. The third-order valence-electron chi connectivity index (χ3n) is 5.98. The molecule has 0 radical (unpaired) electrons. The van der Waals surface area contributed by atoms with Crippen molar-refractivity contribution in [3.63, 3.8) is 0 Å². The van der Waals surface area contributed by atoms with E-state index in [2.05, 4.69) is 15.9 Å².